The van der Waals surface area contributed by atoms with Crippen molar-refractivity contribution >= 4 is 35.1 Å². The highest BCUT2D eigenvalue weighted by Crippen LogP contribution is 2.31. The van der Waals surface area contributed by atoms with Crippen molar-refractivity contribution in [3.05, 3.63) is 23.2 Å². The molecule has 2 saturated heterocycles. The first-order valence-corrected chi connectivity index (χ1v) is 10.2. The van der Waals surface area contributed by atoms with Gasteiger partial charge in [0, 0.05) is 43.9 Å². The molecule has 2 aliphatic heterocycles. The second kappa shape index (κ2) is 8.49. The molecule has 29 heavy (non-hydrogen) atoms. The SMILES string of the molecule is CCOc1cc(N2CCN(C(=O)CC[C@@]3(C)NC(=O)NC3=O)C[C@@H]2C)ccc1Cl. The van der Waals surface area contributed by atoms with Gasteiger partial charge in [0.25, 0.3) is 5.91 Å². The van der Waals surface area contributed by atoms with Gasteiger partial charge in [-0.2, -0.15) is 0 Å². The van der Waals surface area contributed by atoms with Gasteiger partial charge in [-0.25, -0.2) is 4.79 Å². The smallest absolute Gasteiger partial charge is 0.322 e. The molecule has 3 rings (SSSR count). The maximum atomic E-state index is 12.7. The summed E-state index contributed by atoms with van der Waals surface area (Å²) in [6.07, 6.45) is 0.471. The standard InChI is InChI=1S/C20H27ClN4O4/c1-4-29-16-11-14(5-6-15(16)21)25-10-9-24(12-13(25)2)17(26)7-8-20(3)18(27)22-19(28)23-20/h5-6,11,13H,4,7-10,12H2,1-3H3,(H2,22,23,27,28)/t13-,20+/m0/s1. The van der Waals surface area contributed by atoms with Crippen LogP contribution in [0.1, 0.15) is 33.6 Å². The fourth-order valence-electron chi connectivity index (χ4n) is 3.78. The number of urea groups is 1. The molecule has 1 aromatic rings. The molecular weight excluding hydrogens is 396 g/mol. The zero-order valence-corrected chi connectivity index (χ0v) is 17.7. The van der Waals surface area contributed by atoms with Gasteiger partial charge in [-0.05, 0) is 39.3 Å². The predicted octanol–water partition coefficient (Wildman–Crippen LogP) is 2.15. The van der Waals surface area contributed by atoms with Crippen molar-refractivity contribution in [3.63, 3.8) is 0 Å². The lowest BCUT2D eigenvalue weighted by Crippen LogP contribution is -2.54. The summed E-state index contributed by atoms with van der Waals surface area (Å²) in [5, 5.41) is 5.39. The molecule has 1 aromatic carbocycles. The van der Waals surface area contributed by atoms with E-state index in [-0.39, 0.29) is 30.7 Å². The molecule has 8 nitrogen and oxygen atoms in total. The minimum atomic E-state index is -1.03. The first-order chi connectivity index (χ1) is 13.7. The lowest BCUT2D eigenvalue weighted by molar-refractivity contribution is -0.132. The molecule has 0 spiro atoms. The van der Waals surface area contributed by atoms with E-state index in [0.29, 0.717) is 37.0 Å². The van der Waals surface area contributed by atoms with Crippen LogP contribution < -0.4 is 20.3 Å². The number of halogens is 1. The Morgan fingerprint density at radius 3 is 2.72 bits per heavy atom. The molecule has 0 unspecified atom stereocenters. The van der Waals surface area contributed by atoms with Crippen molar-refractivity contribution in [3.8, 4) is 5.75 Å². The number of anilines is 1. The van der Waals surface area contributed by atoms with Gasteiger partial charge >= 0.3 is 6.03 Å². The van der Waals surface area contributed by atoms with E-state index in [1.165, 1.54) is 0 Å². The Labute approximate surface area is 175 Å². The lowest BCUT2D eigenvalue weighted by atomic mass is 9.95. The molecule has 9 heteroatoms. The van der Waals surface area contributed by atoms with Crippen molar-refractivity contribution in [2.75, 3.05) is 31.1 Å². The maximum Gasteiger partial charge on any atom is 0.322 e. The summed E-state index contributed by atoms with van der Waals surface area (Å²) in [4.78, 5) is 40.0. The van der Waals surface area contributed by atoms with Gasteiger partial charge in [-0.3, -0.25) is 14.9 Å². The molecule has 2 aliphatic rings. The molecule has 0 bridgehead atoms. The molecule has 2 atom stereocenters. The summed E-state index contributed by atoms with van der Waals surface area (Å²) >= 11 is 6.18. The summed E-state index contributed by atoms with van der Waals surface area (Å²) in [5.74, 6) is 0.251. The minimum absolute atomic E-state index is 0.0159. The van der Waals surface area contributed by atoms with Crippen LogP contribution in [0.15, 0.2) is 18.2 Å². The number of imide groups is 1. The third-order valence-electron chi connectivity index (χ3n) is 5.48. The number of benzene rings is 1. The number of nitrogens with one attached hydrogen (secondary N) is 2. The summed E-state index contributed by atoms with van der Waals surface area (Å²) < 4.78 is 5.58. The third kappa shape index (κ3) is 4.58. The van der Waals surface area contributed by atoms with Crippen LogP contribution in [-0.2, 0) is 9.59 Å². The van der Waals surface area contributed by atoms with Crippen LogP contribution >= 0.6 is 11.6 Å². The molecule has 2 N–H and O–H groups in total. The Morgan fingerprint density at radius 1 is 1.34 bits per heavy atom. The van der Waals surface area contributed by atoms with Crippen molar-refractivity contribution < 1.29 is 19.1 Å². The van der Waals surface area contributed by atoms with E-state index >= 15 is 0 Å². The van der Waals surface area contributed by atoms with Gasteiger partial charge in [0.05, 0.1) is 11.6 Å². The quantitative estimate of drug-likeness (QED) is 0.685. The number of carbonyl (C=O) groups excluding carboxylic acids is 3. The summed E-state index contributed by atoms with van der Waals surface area (Å²) in [7, 11) is 0. The van der Waals surface area contributed by atoms with E-state index in [9.17, 15) is 14.4 Å². The predicted molar refractivity (Wildman–Crippen MR) is 110 cm³/mol. The Hall–Kier alpha value is -2.48. The molecule has 2 fully saturated rings. The van der Waals surface area contributed by atoms with E-state index < -0.39 is 11.6 Å². The van der Waals surface area contributed by atoms with Crippen LogP contribution in [0.25, 0.3) is 0 Å². The average molecular weight is 423 g/mol. The second-order valence-corrected chi connectivity index (χ2v) is 8.08. The highest BCUT2D eigenvalue weighted by atomic mass is 35.5. The van der Waals surface area contributed by atoms with Crippen molar-refractivity contribution in [1.82, 2.24) is 15.5 Å². The van der Waals surface area contributed by atoms with Crippen LogP contribution in [0.3, 0.4) is 0 Å². The topological polar surface area (TPSA) is 91.0 Å². The van der Waals surface area contributed by atoms with Gasteiger partial charge < -0.3 is 19.9 Å². The van der Waals surface area contributed by atoms with Crippen molar-refractivity contribution in [2.24, 2.45) is 0 Å². The van der Waals surface area contributed by atoms with Gasteiger partial charge in [0.1, 0.15) is 11.3 Å². The largest absolute Gasteiger partial charge is 0.492 e. The van der Waals surface area contributed by atoms with E-state index in [2.05, 4.69) is 22.5 Å². The van der Waals surface area contributed by atoms with Gasteiger partial charge in [0.15, 0.2) is 0 Å². The number of hydrogen-bond donors (Lipinski definition) is 2. The monoisotopic (exact) mass is 422 g/mol. The molecule has 2 heterocycles. The average Bonchev–Trinajstić information content (AvgIpc) is 2.94. The van der Waals surface area contributed by atoms with E-state index in [0.717, 1.165) is 5.69 Å². The Morgan fingerprint density at radius 2 is 2.10 bits per heavy atom. The van der Waals surface area contributed by atoms with Crippen molar-refractivity contribution in [1.29, 1.82) is 0 Å². The molecule has 0 aromatic heterocycles. The maximum absolute atomic E-state index is 12.7. The van der Waals surface area contributed by atoms with Crippen LogP contribution in [0.5, 0.6) is 5.75 Å². The number of piperazine rings is 1. The first-order valence-electron chi connectivity index (χ1n) is 9.84. The van der Waals surface area contributed by atoms with Gasteiger partial charge in [-0.1, -0.05) is 11.6 Å². The zero-order valence-electron chi connectivity index (χ0n) is 17.0. The number of ether oxygens (including phenoxy) is 1. The molecular formula is C20H27ClN4O4. The summed E-state index contributed by atoms with van der Waals surface area (Å²) in [5.41, 5.74) is -0.0191. The number of carbonyl (C=O) groups is 3. The number of nitrogens with zero attached hydrogens (tertiary/aromatic N) is 2. The highest BCUT2D eigenvalue weighted by molar-refractivity contribution is 6.32. The molecule has 0 aliphatic carbocycles. The number of hydrogen-bond acceptors (Lipinski definition) is 5. The van der Waals surface area contributed by atoms with Gasteiger partial charge in [0.2, 0.25) is 5.91 Å². The fourth-order valence-corrected chi connectivity index (χ4v) is 3.95. The Bertz CT molecular complexity index is 818. The van der Waals surface area contributed by atoms with Crippen LogP contribution in [0.4, 0.5) is 10.5 Å². The van der Waals surface area contributed by atoms with Crippen molar-refractivity contribution in [2.45, 2.75) is 45.2 Å². The number of amides is 4. The fraction of sp³-hybridized carbons (Fsp3) is 0.550. The van der Waals surface area contributed by atoms with E-state index in [1.807, 2.05) is 30.0 Å². The number of rotatable bonds is 6. The van der Waals surface area contributed by atoms with Crippen LogP contribution in [0.2, 0.25) is 5.02 Å². The van der Waals surface area contributed by atoms with E-state index in [4.69, 9.17) is 16.3 Å². The molecule has 0 saturated carbocycles. The Balaban J connectivity index is 1.58. The zero-order chi connectivity index (χ0) is 21.2. The highest BCUT2D eigenvalue weighted by Gasteiger charge is 2.42. The van der Waals surface area contributed by atoms with Crippen LogP contribution in [-0.4, -0.2) is 60.6 Å². The molecule has 0 radical (unpaired) electrons. The molecule has 158 valence electrons. The summed E-state index contributed by atoms with van der Waals surface area (Å²) in [6.45, 7) is 8.02. The van der Waals surface area contributed by atoms with E-state index in [1.54, 1.807) is 6.92 Å². The molecule has 4 amide bonds. The van der Waals surface area contributed by atoms with Gasteiger partial charge in [-0.15, -0.1) is 0 Å². The first kappa shape index (κ1) is 21.2. The third-order valence-corrected chi connectivity index (χ3v) is 5.80. The lowest BCUT2D eigenvalue weighted by Gasteiger charge is -2.41. The Kier molecular flexibility index (Phi) is 6.21. The summed E-state index contributed by atoms with van der Waals surface area (Å²) in [6, 6.07) is 5.33. The normalized spacial score (nSPS) is 24.3. The minimum Gasteiger partial charge on any atom is -0.492 e. The second-order valence-electron chi connectivity index (χ2n) is 7.67. The van der Waals surface area contributed by atoms with Crippen LogP contribution in [0, 0.1) is 0 Å².